The number of hydrogen-bond acceptors (Lipinski definition) is 5. The van der Waals surface area contributed by atoms with Crippen LogP contribution in [0.5, 0.6) is 0 Å². The molecule has 0 bridgehead atoms. The van der Waals surface area contributed by atoms with Crippen molar-refractivity contribution < 1.29 is 0 Å². The van der Waals surface area contributed by atoms with Crippen LogP contribution in [0, 0.1) is 22.7 Å². The van der Waals surface area contributed by atoms with E-state index in [1.54, 1.807) is 47.4 Å². The molecule has 3 aromatic rings. The number of pyridine rings is 1. The summed E-state index contributed by atoms with van der Waals surface area (Å²) in [6.45, 7) is 0. The summed E-state index contributed by atoms with van der Waals surface area (Å²) in [5.74, 6) is 0. The first-order chi connectivity index (χ1) is 11.2. The van der Waals surface area contributed by atoms with Crippen molar-refractivity contribution in [2.24, 2.45) is 0 Å². The molecular formula is C16H9N5OS. The third-order valence-corrected chi connectivity index (χ3v) is 3.68. The van der Waals surface area contributed by atoms with E-state index >= 15 is 0 Å². The molecule has 7 heteroatoms. The molecule has 2 aromatic heterocycles. The second-order valence-corrected chi connectivity index (χ2v) is 5.10. The van der Waals surface area contributed by atoms with E-state index in [9.17, 15) is 15.3 Å². The number of H-pyrrole nitrogens is 1. The van der Waals surface area contributed by atoms with E-state index in [2.05, 4.69) is 22.7 Å². The van der Waals surface area contributed by atoms with Crippen LogP contribution in [0.15, 0.2) is 52.5 Å². The van der Waals surface area contributed by atoms with Crippen molar-refractivity contribution in [1.29, 1.82) is 10.5 Å². The van der Waals surface area contributed by atoms with Gasteiger partial charge in [0.15, 0.2) is 0 Å². The smallest absolute Gasteiger partial charge is 0.267 e. The van der Waals surface area contributed by atoms with Crippen LogP contribution < -0.4 is 5.56 Å². The van der Waals surface area contributed by atoms with Gasteiger partial charge in [0.1, 0.15) is 17.7 Å². The van der Waals surface area contributed by atoms with Gasteiger partial charge in [0.2, 0.25) is 0 Å². The fourth-order valence-electron chi connectivity index (χ4n) is 2.30. The lowest BCUT2D eigenvalue weighted by atomic mass is 9.97. The number of thiol groups is 1. The molecule has 0 unspecified atom stereocenters. The number of nitrogens with one attached hydrogen (secondary N) is 1. The third-order valence-electron chi connectivity index (χ3n) is 3.34. The Kier molecular flexibility index (Phi) is 3.71. The maximum atomic E-state index is 11.9. The van der Waals surface area contributed by atoms with Crippen molar-refractivity contribution in [3.05, 3.63) is 64.2 Å². The minimum atomic E-state index is -0.567. The summed E-state index contributed by atoms with van der Waals surface area (Å²) in [6, 6.07) is 12.7. The van der Waals surface area contributed by atoms with Gasteiger partial charge >= 0.3 is 0 Å². The van der Waals surface area contributed by atoms with Crippen LogP contribution in [0.4, 0.5) is 0 Å². The van der Waals surface area contributed by atoms with Crippen molar-refractivity contribution >= 4 is 12.6 Å². The van der Waals surface area contributed by atoms with E-state index in [1.807, 2.05) is 12.1 Å². The zero-order valence-corrected chi connectivity index (χ0v) is 12.6. The summed E-state index contributed by atoms with van der Waals surface area (Å²) in [5, 5.41) is 22.9. The molecule has 0 radical (unpaired) electrons. The first kappa shape index (κ1) is 14.6. The molecule has 0 amide bonds. The third kappa shape index (κ3) is 2.50. The molecular weight excluding hydrogens is 310 g/mol. The Morgan fingerprint density at radius 3 is 2.39 bits per heavy atom. The molecule has 6 nitrogen and oxygen atoms in total. The number of hydrogen-bond donors (Lipinski definition) is 2. The molecule has 2 heterocycles. The number of nitriles is 2. The number of aromatic amines is 1. The van der Waals surface area contributed by atoms with Crippen LogP contribution in [0.2, 0.25) is 0 Å². The number of rotatable bonds is 2. The Labute approximate surface area is 136 Å². The molecule has 1 aromatic carbocycles. The van der Waals surface area contributed by atoms with E-state index in [0.717, 1.165) is 5.69 Å². The Hall–Kier alpha value is -3.29. The lowest BCUT2D eigenvalue weighted by molar-refractivity contribution is 0.881. The average Bonchev–Trinajstić information content (AvgIpc) is 3.09. The van der Waals surface area contributed by atoms with Gasteiger partial charge in [-0.3, -0.25) is 4.79 Å². The maximum absolute atomic E-state index is 11.9. The molecule has 0 aliphatic rings. The van der Waals surface area contributed by atoms with Crippen LogP contribution in [0.1, 0.15) is 11.1 Å². The largest absolute Gasteiger partial charge is 0.315 e. The van der Waals surface area contributed by atoms with Crippen molar-refractivity contribution in [1.82, 2.24) is 14.8 Å². The fraction of sp³-hybridized carbons (Fsp3) is 0. The topological polar surface area (TPSA) is 98.3 Å². The Morgan fingerprint density at radius 2 is 1.83 bits per heavy atom. The molecule has 0 aliphatic carbocycles. The van der Waals surface area contributed by atoms with Gasteiger partial charge in [-0.2, -0.15) is 15.6 Å². The number of nitrogens with zero attached hydrogens (tertiary/aromatic N) is 4. The van der Waals surface area contributed by atoms with Crippen molar-refractivity contribution in [3.8, 4) is 29.0 Å². The highest BCUT2D eigenvalue weighted by Gasteiger charge is 2.17. The summed E-state index contributed by atoms with van der Waals surface area (Å²) < 4.78 is 1.68. The minimum absolute atomic E-state index is 0.105. The van der Waals surface area contributed by atoms with Gasteiger partial charge in [-0.15, -0.1) is 12.6 Å². The monoisotopic (exact) mass is 319 g/mol. The first-order valence-corrected chi connectivity index (χ1v) is 7.00. The van der Waals surface area contributed by atoms with Crippen molar-refractivity contribution in [2.75, 3.05) is 0 Å². The minimum Gasteiger partial charge on any atom is -0.315 e. The van der Waals surface area contributed by atoms with Crippen LogP contribution >= 0.6 is 12.6 Å². The SMILES string of the molecule is N#Cc1c(S)[nH]c(=O)c(C#N)c1-c1ccc(-n2cccn2)cc1. The summed E-state index contributed by atoms with van der Waals surface area (Å²) >= 11 is 4.12. The van der Waals surface area contributed by atoms with Crippen LogP contribution in [-0.2, 0) is 0 Å². The van der Waals surface area contributed by atoms with E-state index in [1.165, 1.54) is 0 Å². The molecule has 0 saturated heterocycles. The first-order valence-electron chi connectivity index (χ1n) is 6.55. The molecule has 23 heavy (non-hydrogen) atoms. The van der Waals surface area contributed by atoms with E-state index < -0.39 is 5.56 Å². The maximum Gasteiger partial charge on any atom is 0.267 e. The molecule has 0 fully saturated rings. The fourth-order valence-corrected chi connectivity index (χ4v) is 2.56. The molecule has 0 spiro atoms. The average molecular weight is 319 g/mol. The Morgan fingerprint density at radius 1 is 1.13 bits per heavy atom. The van der Waals surface area contributed by atoms with Gasteiger partial charge < -0.3 is 4.98 Å². The predicted molar refractivity (Wildman–Crippen MR) is 86.3 cm³/mol. The Balaban J connectivity index is 2.21. The van der Waals surface area contributed by atoms with Gasteiger partial charge in [-0.05, 0) is 23.8 Å². The standard InChI is InChI=1S/C16H9N5OS/c17-8-12-14(13(9-18)16(23)20-15(12)22)10-2-4-11(5-3-10)21-7-1-6-19-21/h1-7H,(H2,20,22,23). The Bertz CT molecular complexity index is 1000. The molecule has 0 aliphatic heterocycles. The lowest BCUT2D eigenvalue weighted by Crippen LogP contribution is -2.14. The van der Waals surface area contributed by atoms with E-state index in [0.29, 0.717) is 5.56 Å². The van der Waals surface area contributed by atoms with Crippen LogP contribution in [0.25, 0.3) is 16.8 Å². The van der Waals surface area contributed by atoms with Crippen LogP contribution in [0.3, 0.4) is 0 Å². The van der Waals surface area contributed by atoms with Crippen LogP contribution in [-0.4, -0.2) is 14.8 Å². The quantitative estimate of drug-likeness (QED) is 0.708. The number of aromatic nitrogens is 3. The van der Waals surface area contributed by atoms with Gasteiger partial charge in [0, 0.05) is 18.0 Å². The predicted octanol–water partition coefficient (Wildman–Crippen LogP) is 2.26. The van der Waals surface area contributed by atoms with Gasteiger partial charge in [0.25, 0.3) is 5.56 Å². The molecule has 0 saturated carbocycles. The molecule has 110 valence electrons. The lowest BCUT2D eigenvalue weighted by Gasteiger charge is -2.09. The zero-order valence-electron chi connectivity index (χ0n) is 11.7. The van der Waals surface area contributed by atoms with E-state index in [-0.39, 0.29) is 21.7 Å². The highest BCUT2D eigenvalue weighted by atomic mass is 32.1. The van der Waals surface area contributed by atoms with Gasteiger partial charge in [-0.1, -0.05) is 12.1 Å². The summed E-state index contributed by atoms with van der Waals surface area (Å²) in [6.07, 6.45) is 3.47. The normalized spacial score (nSPS) is 10.0. The summed E-state index contributed by atoms with van der Waals surface area (Å²) in [5.41, 5.74) is 1.20. The van der Waals surface area contributed by atoms with Gasteiger partial charge in [0.05, 0.1) is 16.3 Å². The number of benzene rings is 1. The molecule has 3 rings (SSSR count). The second-order valence-electron chi connectivity index (χ2n) is 4.65. The zero-order chi connectivity index (χ0) is 16.4. The molecule has 0 atom stereocenters. The van der Waals surface area contributed by atoms with E-state index in [4.69, 9.17) is 0 Å². The van der Waals surface area contributed by atoms with Crippen molar-refractivity contribution in [2.45, 2.75) is 5.03 Å². The second kappa shape index (κ2) is 5.84. The highest BCUT2D eigenvalue weighted by molar-refractivity contribution is 7.80. The summed E-state index contributed by atoms with van der Waals surface area (Å²) in [7, 11) is 0. The van der Waals surface area contributed by atoms with Gasteiger partial charge in [-0.25, -0.2) is 4.68 Å². The summed E-state index contributed by atoms with van der Waals surface area (Å²) in [4.78, 5) is 14.3. The highest BCUT2D eigenvalue weighted by Crippen LogP contribution is 2.28. The molecule has 1 N–H and O–H groups in total. The van der Waals surface area contributed by atoms with Crippen molar-refractivity contribution in [3.63, 3.8) is 0 Å².